The Morgan fingerprint density at radius 2 is 1.64 bits per heavy atom. The SMILES string of the molecule is Cc1ccc(C)c(NC(=O)COC(=O)CCCC(=O)Nc2ccc(F)cc2)c1. The van der Waals surface area contributed by atoms with Crippen molar-refractivity contribution in [3.63, 3.8) is 0 Å². The number of carbonyl (C=O) groups excluding carboxylic acids is 3. The molecular weight excluding hydrogens is 363 g/mol. The molecule has 0 radical (unpaired) electrons. The summed E-state index contributed by atoms with van der Waals surface area (Å²) >= 11 is 0. The molecule has 0 aliphatic carbocycles. The number of anilines is 2. The molecule has 6 nitrogen and oxygen atoms in total. The summed E-state index contributed by atoms with van der Waals surface area (Å²) in [5.74, 6) is -1.64. The van der Waals surface area contributed by atoms with Crippen molar-refractivity contribution in [2.24, 2.45) is 0 Å². The van der Waals surface area contributed by atoms with Crippen LogP contribution < -0.4 is 10.6 Å². The lowest BCUT2D eigenvalue weighted by Crippen LogP contribution is -2.21. The fraction of sp³-hybridized carbons (Fsp3) is 0.286. The second-order valence-corrected chi connectivity index (χ2v) is 6.44. The number of carbonyl (C=O) groups is 3. The Bertz CT molecular complexity index is 850. The molecule has 0 bridgehead atoms. The van der Waals surface area contributed by atoms with E-state index in [4.69, 9.17) is 4.74 Å². The summed E-state index contributed by atoms with van der Waals surface area (Å²) in [5, 5.41) is 5.31. The molecule has 2 amide bonds. The minimum atomic E-state index is -0.550. The van der Waals surface area contributed by atoms with E-state index >= 15 is 0 Å². The molecule has 0 atom stereocenters. The lowest BCUT2D eigenvalue weighted by molar-refractivity contribution is -0.147. The highest BCUT2D eigenvalue weighted by Gasteiger charge is 2.10. The fourth-order valence-electron chi connectivity index (χ4n) is 2.43. The van der Waals surface area contributed by atoms with E-state index in [0.29, 0.717) is 11.4 Å². The van der Waals surface area contributed by atoms with Crippen molar-refractivity contribution in [3.8, 4) is 0 Å². The number of hydrogen-bond acceptors (Lipinski definition) is 4. The highest BCUT2D eigenvalue weighted by Crippen LogP contribution is 2.16. The number of esters is 1. The van der Waals surface area contributed by atoms with Gasteiger partial charge >= 0.3 is 5.97 Å². The second kappa shape index (κ2) is 10.2. The Morgan fingerprint density at radius 3 is 2.36 bits per heavy atom. The van der Waals surface area contributed by atoms with Crippen LogP contribution in [0.25, 0.3) is 0 Å². The summed E-state index contributed by atoms with van der Waals surface area (Å²) in [6, 6.07) is 11.1. The van der Waals surface area contributed by atoms with Crippen molar-refractivity contribution in [2.45, 2.75) is 33.1 Å². The molecule has 0 aromatic heterocycles. The van der Waals surface area contributed by atoms with Crippen LogP contribution in [0, 0.1) is 19.7 Å². The Labute approximate surface area is 163 Å². The van der Waals surface area contributed by atoms with Crippen molar-refractivity contribution in [2.75, 3.05) is 17.2 Å². The lowest BCUT2D eigenvalue weighted by atomic mass is 10.1. The lowest BCUT2D eigenvalue weighted by Gasteiger charge is -2.10. The molecule has 28 heavy (non-hydrogen) atoms. The highest BCUT2D eigenvalue weighted by molar-refractivity contribution is 5.93. The van der Waals surface area contributed by atoms with Crippen molar-refractivity contribution >= 4 is 29.2 Å². The van der Waals surface area contributed by atoms with Crippen LogP contribution in [-0.2, 0) is 19.1 Å². The number of benzene rings is 2. The molecule has 0 unspecified atom stereocenters. The van der Waals surface area contributed by atoms with Gasteiger partial charge < -0.3 is 15.4 Å². The van der Waals surface area contributed by atoms with Gasteiger partial charge in [0.15, 0.2) is 6.61 Å². The smallest absolute Gasteiger partial charge is 0.306 e. The average Bonchev–Trinajstić information content (AvgIpc) is 2.65. The third-order valence-electron chi connectivity index (χ3n) is 3.94. The third kappa shape index (κ3) is 7.19. The second-order valence-electron chi connectivity index (χ2n) is 6.44. The molecule has 2 N–H and O–H groups in total. The first-order valence-electron chi connectivity index (χ1n) is 8.91. The molecule has 0 saturated heterocycles. The number of rotatable bonds is 8. The van der Waals surface area contributed by atoms with E-state index in [1.807, 2.05) is 32.0 Å². The van der Waals surface area contributed by atoms with Crippen LogP contribution >= 0.6 is 0 Å². The number of aryl methyl sites for hydroxylation is 2. The summed E-state index contributed by atoms with van der Waals surface area (Å²) in [6.45, 7) is 3.41. The molecule has 0 spiro atoms. The van der Waals surface area contributed by atoms with Gasteiger partial charge in [0.25, 0.3) is 5.91 Å². The number of halogens is 1. The summed E-state index contributed by atoms with van der Waals surface area (Å²) in [4.78, 5) is 35.4. The van der Waals surface area contributed by atoms with E-state index in [1.165, 1.54) is 24.3 Å². The fourth-order valence-corrected chi connectivity index (χ4v) is 2.43. The molecule has 2 aromatic carbocycles. The molecule has 0 aliphatic heterocycles. The normalized spacial score (nSPS) is 10.2. The molecule has 2 rings (SSSR count). The Morgan fingerprint density at radius 1 is 0.929 bits per heavy atom. The van der Waals surface area contributed by atoms with Gasteiger partial charge in [0.1, 0.15) is 5.82 Å². The molecule has 2 aromatic rings. The summed E-state index contributed by atoms with van der Waals surface area (Å²) in [7, 11) is 0. The molecule has 0 heterocycles. The van der Waals surface area contributed by atoms with Gasteiger partial charge in [0.05, 0.1) is 0 Å². The van der Waals surface area contributed by atoms with Gasteiger partial charge in [-0.25, -0.2) is 4.39 Å². The molecule has 0 fully saturated rings. The van der Waals surface area contributed by atoms with E-state index in [0.717, 1.165) is 11.1 Å². The average molecular weight is 386 g/mol. The number of amides is 2. The molecule has 7 heteroatoms. The molecule has 148 valence electrons. The van der Waals surface area contributed by atoms with Gasteiger partial charge in [-0.3, -0.25) is 14.4 Å². The molecular formula is C21H23FN2O4. The van der Waals surface area contributed by atoms with Crippen molar-refractivity contribution in [1.82, 2.24) is 0 Å². The summed E-state index contributed by atoms with van der Waals surface area (Å²) in [6.07, 6.45) is 0.416. The van der Waals surface area contributed by atoms with Crippen molar-refractivity contribution in [1.29, 1.82) is 0 Å². The Hall–Kier alpha value is -3.22. The Balaban J connectivity index is 1.65. The van der Waals surface area contributed by atoms with Crippen LogP contribution in [-0.4, -0.2) is 24.4 Å². The van der Waals surface area contributed by atoms with Gasteiger partial charge in [-0.2, -0.15) is 0 Å². The predicted octanol–water partition coefficient (Wildman–Crippen LogP) is 3.73. The van der Waals surface area contributed by atoms with Crippen LogP contribution in [0.5, 0.6) is 0 Å². The van der Waals surface area contributed by atoms with E-state index in [1.54, 1.807) is 0 Å². The number of hydrogen-bond donors (Lipinski definition) is 2. The van der Waals surface area contributed by atoms with Crippen LogP contribution in [0.4, 0.5) is 15.8 Å². The monoisotopic (exact) mass is 386 g/mol. The van der Waals surface area contributed by atoms with Crippen molar-refractivity contribution in [3.05, 3.63) is 59.4 Å². The van der Waals surface area contributed by atoms with E-state index < -0.39 is 11.9 Å². The standard InChI is InChI=1S/C21H23FN2O4/c1-14-6-7-15(2)18(12-14)24-20(26)13-28-21(27)5-3-4-19(25)23-17-10-8-16(22)9-11-17/h6-12H,3-5,13H2,1-2H3,(H,23,25)(H,24,26). The first-order valence-corrected chi connectivity index (χ1v) is 8.91. The van der Waals surface area contributed by atoms with Gasteiger partial charge in [0, 0.05) is 24.2 Å². The topological polar surface area (TPSA) is 84.5 Å². The molecule has 0 saturated carbocycles. The maximum absolute atomic E-state index is 12.8. The van der Waals surface area contributed by atoms with Crippen LogP contribution in [0.2, 0.25) is 0 Å². The summed E-state index contributed by atoms with van der Waals surface area (Å²) in [5.41, 5.74) is 3.09. The minimum absolute atomic E-state index is 0.0214. The number of ether oxygens (including phenoxy) is 1. The van der Waals surface area contributed by atoms with Crippen LogP contribution in [0.1, 0.15) is 30.4 Å². The minimum Gasteiger partial charge on any atom is -0.456 e. The van der Waals surface area contributed by atoms with E-state index in [2.05, 4.69) is 10.6 Å². The zero-order valence-electron chi connectivity index (χ0n) is 15.9. The first kappa shape index (κ1) is 21.1. The van der Waals surface area contributed by atoms with Crippen LogP contribution in [0.3, 0.4) is 0 Å². The summed E-state index contributed by atoms with van der Waals surface area (Å²) < 4.78 is 17.7. The largest absolute Gasteiger partial charge is 0.456 e. The van der Waals surface area contributed by atoms with Gasteiger partial charge in [-0.05, 0) is 61.7 Å². The van der Waals surface area contributed by atoms with Gasteiger partial charge in [-0.1, -0.05) is 12.1 Å². The van der Waals surface area contributed by atoms with E-state index in [-0.39, 0.29) is 37.6 Å². The first-order chi connectivity index (χ1) is 13.3. The maximum Gasteiger partial charge on any atom is 0.306 e. The van der Waals surface area contributed by atoms with Gasteiger partial charge in [-0.15, -0.1) is 0 Å². The van der Waals surface area contributed by atoms with E-state index in [9.17, 15) is 18.8 Å². The maximum atomic E-state index is 12.8. The van der Waals surface area contributed by atoms with Gasteiger partial charge in [0.2, 0.25) is 5.91 Å². The zero-order chi connectivity index (χ0) is 20.5. The predicted molar refractivity (Wildman–Crippen MR) is 104 cm³/mol. The van der Waals surface area contributed by atoms with Crippen molar-refractivity contribution < 1.29 is 23.5 Å². The highest BCUT2D eigenvalue weighted by atomic mass is 19.1. The third-order valence-corrected chi connectivity index (χ3v) is 3.94. The number of nitrogens with one attached hydrogen (secondary N) is 2. The quantitative estimate of drug-likeness (QED) is 0.677. The Kier molecular flexibility index (Phi) is 7.68. The zero-order valence-corrected chi connectivity index (χ0v) is 15.9. The van der Waals surface area contributed by atoms with Crippen LogP contribution in [0.15, 0.2) is 42.5 Å². The molecule has 0 aliphatic rings.